The van der Waals surface area contributed by atoms with Gasteiger partial charge in [-0.05, 0) is 24.3 Å². The highest BCUT2D eigenvalue weighted by Crippen LogP contribution is 2.37. The van der Waals surface area contributed by atoms with Crippen LogP contribution in [0.4, 0.5) is 4.79 Å². The van der Waals surface area contributed by atoms with Crippen LogP contribution in [-0.2, 0) is 16.1 Å². The molecule has 4 heterocycles. The topological polar surface area (TPSA) is 97.6 Å². The summed E-state index contributed by atoms with van der Waals surface area (Å²) in [6.45, 7) is 4.33. The van der Waals surface area contributed by atoms with Gasteiger partial charge >= 0.3 is 12.0 Å². The lowest BCUT2D eigenvalue weighted by Gasteiger charge is -2.31. The summed E-state index contributed by atoms with van der Waals surface area (Å²) in [6.07, 6.45) is 1.81. The number of esters is 1. The number of hydrogen-bond acceptors (Lipinski definition) is 7. The number of urea groups is 1. The molecule has 0 fully saturated rings. The van der Waals surface area contributed by atoms with Crippen LogP contribution < -0.4 is 5.32 Å². The molecule has 0 saturated heterocycles. The highest BCUT2D eigenvalue weighted by molar-refractivity contribution is 7.10. The van der Waals surface area contributed by atoms with Gasteiger partial charge in [0.15, 0.2) is 5.82 Å². The number of nitrogens with zero attached hydrogens (tertiary/aromatic N) is 3. The minimum atomic E-state index is -0.482. The number of rotatable bonds is 6. The van der Waals surface area contributed by atoms with E-state index in [9.17, 15) is 9.59 Å². The SMILES string of the molecule is CCC(CC)c1nc(CN2C(=O)NC(c3cccs3)C3=C2COC3=O)no1. The minimum absolute atomic E-state index is 0.0702. The normalized spacial score (nSPS) is 19.5. The van der Waals surface area contributed by atoms with Crippen LogP contribution >= 0.6 is 11.3 Å². The van der Waals surface area contributed by atoms with Crippen molar-refractivity contribution < 1.29 is 18.8 Å². The molecule has 8 nitrogen and oxygen atoms in total. The summed E-state index contributed by atoms with van der Waals surface area (Å²) in [4.78, 5) is 31.8. The fourth-order valence-corrected chi connectivity index (χ4v) is 4.21. The van der Waals surface area contributed by atoms with Crippen molar-refractivity contribution in [2.24, 2.45) is 0 Å². The van der Waals surface area contributed by atoms with Gasteiger partial charge in [-0.2, -0.15) is 4.98 Å². The predicted octanol–water partition coefficient (Wildman–Crippen LogP) is 3.11. The molecule has 2 aromatic heterocycles. The molecule has 1 N–H and O–H groups in total. The monoisotopic (exact) mass is 388 g/mol. The van der Waals surface area contributed by atoms with Gasteiger partial charge in [0, 0.05) is 10.8 Å². The molecule has 0 saturated carbocycles. The first-order valence-corrected chi connectivity index (χ1v) is 9.84. The number of carbonyl (C=O) groups excluding carboxylic acids is 2. The Bertz CT molecular complexity index is 885. The van der Waals surface area contributed by atoms with Crippen LogP contribution in [0.2, 0.25) is 0 Å². The number of nitrogens with one attached hydrogen (secondary N) is 1. The van der Waals surface area contributed by atoms with Crippen LogP contribution in [0.25, 0.3) is 0 Å². The molecule has 142 valence electrons. The molecule has 0 radical (unpaired) electrons. The van der Waals surface area contributed by atoms with Crippen molar-refractivity contribution in [1.29, 1.82) is 0 Å². The first kappa shape index (κ1) is 17.7. The minimum Gasteiger partial charge on any atom is -0.456 e. The summed E-state index contributed by atoms with van der Waals surface area (Å²) in [5.41, 5.74) is 1.04. The standard InChI is InChI=1S/C18H20N4O4S/c1-3-10(4-2)16-19-13(21-26-16)8-22-11-9-25-17(23)14(11)15(20-18(22)24)12-6-5-7-27-12/h5-7,10,15H,3-4,8-9H2,1-2H3,(H,20,24). The van der Waals surface area contributed by atoms with Gasteiger partial charge in [-0.1, -0.05) is 25.1 Å². The van der Waals surface area contributed by atoms with Crippen molar-refractivity contribution in [1.82, 2.24) is 20.4 Å². The maximum Gasteiger partial charge on any atom is 0.338 e. The number of cyclic esters (lactones) is 1. The van der Waals surface area contributed by atoms with Gasteiger partial charge < -0.3 is 14.6 Å². The van der Waals surface area contributed by atoms with Crippen LogP contribution in [0.5, 0.6) is 0 Å². The van der Waals surface area contributed by atoms with Gasteiger partial charge in [-0.25, -0.2) is 9.59 Å². The fraction of sp³-hybridized carbons (Fsp3) is 0.444. The molecule has 0 aliphatic carbocycles. The number of aromatic nitrogens is 2. The third-order valence-electron chi connectivity index (χ3n) is 4.94. The Morgan fingerprint density at radius 3 is 2.89 bits per heavy atom. The molecule has 4 rings (SSSR count). The lowest BCUT2D eigenvalue weighted by molar-refractivity contribution is -0.136. The zero-order chi connectivity index (χ0) is 19.0. The molecular formula is C18H20N4O4S. The van der Waals surface area contributed by atoms with Crippen LogP contribution in [0, 0.1) is 0 Å². The molecule has 27 heavy (non-hydrogen) atoms. The van der Waals surface area contributed by atoms with Gasteiger partial charge in [0.25, 0.3) is 0 Å². The van der Waals surface area contributed by atoms with E-state index in [0.29, 0.717) is 23.0 Å². The van der Waals surface area contributed by atoms with Gasteiger partial charge in [0.2, 0.25) is 5.89 Å². The van der Waals surface area contributed by atoms with E-state index in [1.165, 1.54) is 16.2 Å². The van der Waals surface area contributed by atoms with Crippen molar-refractivity contribution >= 4 is 23.3 Å². The Morgan fingerprint density at radius 1 is 1.37 bits per heavy atom. The summed E-state index contributed by atoms with van der Waals surface area (Å²) in [5, 5.41) is 8.81. The van der Waals surface area contributed by atoms with Crippen LogP contribution in [0.3, 0.4) is 0 Å². The molecule has 1 atom stereocenters. The van der Waals surface area contributed by atoms with Crippen molar-refractivity contribution in [2.45, 2.75) is 45.2 Å². The van der Waals surface area contributed by atoms with Crippen LogP contribution in [0.1, 0.15) is 55.2 Å². The number of carbonyl (C=O) groups is 2. The molecule has 0 aromatic carbocycles. The van der Waals surface area contributed by atoms with E-state index in [-0.39, 0.29) is 25.1 Å². The largest absolute Gasteiger partial charge is 0.456 e. The first-order valence-electron chi connectivity index (χ1n) is 8.96. The second-order valence-corrected chi connectivity index (χ2v) is 7.46. The molecule has 0 spiro atoms. The quantitative estimate of drug-likeness (QED) is 0.764. The molecule has 2 aliphatic rings. The van der Waals surface area contributed by atoms with Crippen molar-refractivity contribution in [2.75, 3.05) is 6.61 Å². The van der Waals surface area contributed by atoms with Gasteiger partial charge in [0.1, 0.15) is 6.61 Å². The zero-order valence-electron chi connectivity index (χ0n) is 15.1. The summed E-state index contributed by atoms with van der Waals surface area (Å²) in [7, 11) is 0. The Labute approximate surface area is 160 Å². The van der Waals surface area contributed by atoms with E-state index < -0.39 is 12.0 Å². The summed E-state index contributed by atoms with van der Waals surface area (Å²) in [5.74, 6) is 0.791. The average Bonchev–Trinajstić information content (AvgIpc) is 3.40. The van der Waals surface area contributed by atoms with Crippen molar-refractivity contribution in [3.05, 3.63) is 45.4 Å². The molecule has 0 bridgehead atoms. The van der Waals surface area contributed by atoms with Gasteiger partial charge in [-0.15, -0.1) is 11.3 Å². The summed E-state index contributed by atoms with van der Waals surface area (Å²) >= 11 is 1.48. The van der Waals surface area contributed by atoms with Gasteiger partial charge in [-0.3, -0.25) is 4.90 Å². The Hall–Kier alpha value is -2.68. The lowest BCUT2D eigenvalue weighted by atomic mass is 10.0. The maximum absolute atomic E-state index is 12.7. The summed E-state index contributed by atoms with van der Waals surface area (Å²) in [6, 6.07) is 2.99. The lowest BCUT2D eigenvalue weighted by Crippen LogP contribution is -2.46. The Morgan fingerprint density at radius 2 is 2.19 bits per heavy atom. The Balaban J connectivity index is 1.63. The zero-order valence-corrected chi connectivity index (χ0v) is 15.9. The molecule has 9 heteroatoms. The molecule has 2 aliphatic heterocycles. The Kier molecular flexibility index (Phi) is 4.69. The van der Waals surface area contributed by atoms with Crippen molar-refractivity contribution in [3.63, 3.8) is 0 Å². The molecule has 2 aromatic rings. The molecule has 1 unspecified atom stereocenters. The predicted molar refractivity (Wildman–Crippen MR) is 96.7 cm³/mol. The maximum atomic E-state index is 12.7. The van der Waals surface area contributed by atoms with Crippen molar-refractivity contribution in [3.8, 4) is 0 Å². The number of ether oxygens (including phenoxy) is 1. The number of hydrogen-bond donors (Lipinski definition) is 1. The highest BCUT2D eigenvalue weighted by Gasteiger charge is 2.43. The third-order valence-corrected chi connectivity index (χ3v) is 5.88. The van der Waals surface area contributed by atoms with Gasteiger partial charge in [0.05, 0.1) is 23.9 Å². The van der Waals surface area contributed by atoms with E-state index in [1.807, 2.05) is 17.5 Å². The van der Waals surface area contributed by atoms with E-state index in [2.05, 4.69) is 29.3 Å². The second kappa shape index (κ2) is 7.15. The number of amides is 2. The van der Waals surface area contributed by atoms with E-state index in [4.69, 9.17) is 9.26 Å². The third kappa shape index (κ3) is 3.12. The summed E-state index contributed by atoms with van der Waals surface area (Å²) < 4.78 is 10.6. The van der Waals surface area contributed by atoms with Crippen LogP contribution in [0.15, 0.2) is 33.3 Å². The fourth-order valence-electron chi connectivity index (χ4n) is 3.42. The highest BCUT2D eigenvalue weighted by atomic mass is 32.1. The molecule has 2 amide bonds. The first-order chi connectivity index (χ1) is 13.1. The van der Waals surface area contributed by atoms with Crippen LogP contribution in [-0.4, -0.2) is 33.6 Å². The smallest absolute Gasteiger partial charge is 0.338 e. The van der Waals surface area contributed by atoms with E-state index in [0.717, 1.165) is 17.7 Å². The molecular weight excluding hydrogens is 368 g/mol. The number of thiophene rings is 1. The second-order valence-electron chi connectivity index (χ2n) is 6.48. The average molecular weight is 388 g/mol. The van der Waals surface area contributed by atoms with E-state index in [1.54, 1.807) is 0 Å². The van der Waals surface area contributed by atoms with E-state index >= 15 is 0 Å².